The summed E-state index contributed by atoms with van der Waals surface area (Å²) in [6.45, 7) is 4.32. The van der Waals surface area contributed by atoms with Gasteiger partial charge in [0, 0.05) is 5.02 Å². The molecule has 0 aliphatic rings. The van der Waals surface area contributed by atoms with Crippen molar-refractivity contribution in [1.82, 2.24) is 0 Å². The number of benzene rings is 1. The van der Waals surface area contributed by atoms with Crippen molar-refractivity contribution < 1.29 is 19.1 Å². The smallest absolute Gasteiger partial charge is 0.307 e. The van der Waals surface area contributed by atoms with Crippen molar-refractivity contribution in [3.05, 3.63) is 34.9 Å². The van der Waals surface area contributed by atoms with E-state index in [1.54, 1.807) is 24.3 Å². The van der Waals surface area contributed by atoms with Crippen molar-refractivity contribution in [2.75, 3.05) is 13.2 Å². The molecule has 0 aromatic heterocycles. The molecular formula is C18H22ClNO4. The van der Waals surface area contributed by atoms with Crippen LogP contribution in [0.2, 0.25) is 5.02 Å². The standard InChI is InChI=1S/C18H22ClNO4/c1-3-9-23-16(21)11-18(13-20,12-17(22)24-10-4-2)14-5-7-15(19)8-6-14/h5-8H,3-4,9-12H2,1-2H3. The van der Waals surface area contributed by atoms with Crippen molar-refractivity contribution in [3.8, 4) is 6.07 Å². The summed E-state index contributed by atoms with van der Waals surface area (Å²) in [7, 11) is 0. The molecule has 0 saturated heterocycles. The van der Waals surface area contributed by atoms with Crippen LogP contribution in [0.25, 0.3) is 0 Å². The van der Waals surface area contributed by atoms with Crippen LogP contribution < -0.4 is 0 Å². The van der Waals surface area contributed by atoms with Crippen LogP contribution >= 0.6 is 11.6 Å². The summed E-state index contributed by atoms with van der Waals surface area (Å²) in [5, 5.41) is 10.3. The Morgan fingerprint density at radius 3 is 1.88 bits per heavy atom. The number of carbonyl (C=O) groups is 2. The molecule has 0 atom stereocenters. The number of hydrogen-bond acceptors (Lipinski definition) is 5. The zero-order valence-electron chi connectivity index (χ0n) is 14.0. The second-order valence-electron chi connectivity index (χ2n) is 5.50. The van der Waals surface area contributed by atoms with Crippen LogP contribution in [0.15, 0.2) is 24.3 Å². The average Bonchev–Trinajstić information content (AvgIpc) is 2.58. The first-order valence-electron chi connectivity index (χ1n) is 7.96. The van der Waals surface area contributed by atoms with Gasteiger partial charge < -0.3 is 9.47 Å². The summed E-state index contributed by atoms with van der Waals surface area (Å²) in [5.41, 5.74) is -0.795. The van der Waals surface area contributed by atoms with Crippen molar-refractivity contribution in [2.24, 2.45) is 0 Å². The zero-order chi connectivity index (χ0) is 18.0. The third-order valence-electron chi connectivity index (χ3n) is 3.44. The van der Waals surface area contributed by atoms with Crippen LogP contribution in [0.3, 0.4) is 0 Å². The van der Waals surface area contributed by atoms with Gasteiger partial charge in [-0.05, 0) is 30.5 Å². The minimum absolute atomic E-state index is 0.216. The van der Waals surface area contributed by atoms with Gasteiger partial charge >= 0.3 is 11.9 Å². The molecule has 0 saturated carbocycles. The Balaban J connectivity index is 3.07. The van der Waals surface area contributed by atoms with E-state index in [0.29, 0.717) is 23.4 Å². The van der Waals surface area contributed by atoms with Crippen LogP contribution in [0.5, 0.6) is 0 Å². The number of halogens is 1. The Morgan fingerprint density at radius 2 is 1.50 bits per heavy atom. The summed E-state index contributed by atoms with van der Waals surface area (Å²) >= 11 is 5.89. The molecule has 0 amide bonds. The second kappa shape index (κ2) is 9.94. The number of rotatable bonds is 9. The van der Waals surface area contributed by atoms with E-state index in [0.717, 1.165) is 0 Å². The molecule has 0 heterocycles. The van der Waals surface area contributed by atoms with E-state index >= 15 is 0 Å². The summed E-state index contributed by atoms with van der Waals surface area (Å²) in [5.74, 6) is -1.03. The molecule has 0 spiro atoms. The second-order valence-corrected chi connectivity index (χ2v) is 5.93. The maximum Gasteiger partial charge on any atom is 0.307 e. The maximum absolute atomic E-state index is 12.1. The number of nitrogens with zero attached hydrogens (tertiary/aromatic N) is 1. The van der Waals surface area contributed by atoms with Crippen LogP contribution in [0.1, 0.15) is 45.1 Å². The fraction of sp³-hybridized carbons (Fsp3) is 0.500. The van der Waals surface area contributed by atoms with E-state index in [4.69, 9.17) is 21.1 Å². The molecule has 1 aromatic carbocycles. The first kappa shape index (κ1) is 20.0. The van der Waals surface area contributed by atoms with Gasteiger partial charge in [0.25, 0.3) is 0 Å². The normalized spacial score (nSPS) is 10.8. The molecule has 24 heavy (non-hydrogen) atoms. The van der Waals surface area contributed by atoms with Gasteiger partial charge in [-0.1, -0.05) is 37.6 Å². The first-order valence-corrected chi connectivity index (χ1v) is 8.33. The molecule has 0 unspecified atom stereocenters. The average molecular weight is 352 g/mol. The fourth-order valence-electron chi connectivity index (χ4n) is 2.21. The quantitative estimate of drug-likeness (QED) is 0.632. The van der Waals surface area contributed by atoms with Crippen molar-refractivity contribution >= 4 is 23.5 Å². The van der Waals surface area contributed by atoms with E-state index in [-0.39, 0.29) is 26.1 Å². The Bertz CT molecular complexity index is 570. The molecule has 0 aliphatic carbocycles. The number of nitriles is 1. The fourth-order valence-corrected chi connectivity index (χ4v) is 2.33. The molecule has 1 aromatic rings. The lowest BCUT2D eigenvalue weighted by Crippen LogP contribution is -2.32. The highest BCUT2D eigenvalue weighted by atomic mass is 35.5. The summed E-state index contributed by atoms with van der Waals surface area (Å²) in [6.07, 6.45) is 0.939. The molecular weight excluding hydrogens is 330 g/mol. The topological polar surface area (TPSA) is 76.4 Å². The third kappa shape index (κ3) is 5.86. The Morgan fingerprint density at radius 1 is 1.04 bits per heavy atom. The molecule has 0 aliphatic heterocycles. The lowest BCUT2D eigenvalue weighted by atomic mass is 9.76. The predicted molar refractivity (Wildman–Crippen MR) is 90.5 cm³/mol. The van der Waals surface area contributed by atoms with Crippen molar-refractivity contribution in [2.45, 2.75) is 44.9 Å². The highest BCUT2D eigenvalue weighted by Gasteiger charge is 2.38. The minimum Gasteiger partial charge on any atom is -0.466 e. The van der Waals surface area contributed by atoms with Crippen LogP contribution in [-0.4, -0.2) is 25.2 Å². The monoisotopic (exact) mass is 351 g/mol. The number of ether oxygens (including phenoxy) is 2. The molecule has 6 heteroatoms. The van der Waals surface area contributed by atoms with Crippen molar-refractivity contribution in [3.63, 3.8) is 0 Å². The van der Waals surface area contributed by atoms with E-state index in [2.05, 4.69) is 6.07 Å². The van der Waals surface area contributed by atoms with E-state index < -0.39 is 17.4 Å². The van der Waals surface area contributed by atoms with Crippen LogP contribution in [0.4, 0.5) is 0 Å². The third-order valence-corrected chi connectivity index (χ3v) is 3.69. The van der Waals surface area contributed by atoms with Gasteiger partial charge in [-0.15, -0.1) is 0 Å². The molecule has 130 valence electrons. The van der Waals surface area contributed by atoms with Gasteiger partial charge in [0.05, 0.1) is 32.1 Å². The van der Waals surface area contributed by atoms with Gasteiger partial charge in [0.15, 0.2) is 0 Å². The Hall–Kier alpha value is -2.06. The molecule has 1 rings (SSSR count). The Labute approximate surface area is 147 Å². The molecule has 0 bridgehead atoms. The van der Waals surface area contributed by atoms with Crippen molar-refractivity contribution in [1.29, 1.82) is 5.26 Å². The highest BCUT2D eigenvalue weighted by Crippen LogP contribution is 2.33. The van der Waals surface area contributed by atoms with Gasteiger partial charge in [-0.3, -0.25) is 9.59 Å². The maximum atomic E-state index is 12.1. The van der Waals surface area contributed by atoms with Gasteiger partial charge in [-0.2, -0.15) is 5.26 Å². The SMILES string of the molecule is CCCOC(=O)CC(C#N)(CC(=O)OCCC)c1ccc(Cl)cc1. The van der Waals surface area contributed by atoms with Crippen LogP contribution in [0, 0.1) is 11.3 Å². The summed E-state index contributed by atoms with van der Waals surface area (Å²) in [6, 6.07) is 8.66. The molecule has 5 nitrogen and oxygen atoms in total. The number of esters is 2. The Kier molecular flexibility index (Phi) is 8.28. The van der Waals surface area contributed by atoms with E-state index in [1.807, 2.05) is 13.8 Å². The molecule has 0 radical (unpaired) electrons. The summed E-state index contributed by atoms with van der Waals surface area (Å²) < 4.78 is 10.2. The predicted octanol–water partition coefficient (Wildman–Crippen LogP) is 3.79. The molecule has 0 fully saturated rings. The number of hydrogen-bond donors (Lipinski definition) is 0. The van der Waals surface area contributed by atoms with E-state index in [1.165, 1.54) is 0 Å². The first-order chi connectivity index (χ1) is 11.5. The summed E-state index contributed by atoms with van der Waals surface area (Å²) in [4.78, 5) is 24.1. The lowest BCUT2D eigenvalue weighted by Gasteiger charge is -2.25. The molecule has 0 N–H and O–H groups in total. The van der Waals surface area contributed by atoms with E-state index in [9.17, 15) is 14.9 Å². The van der Waals surface area contributed by atoms with Gasteiger partial charge in [0.1, 0.15) is 5.41 Å². The zero-order valence-corrected chi connectivity index (χ0v) is 14.8. The van der Waals surface area contributed by atoms with Gasteiger partial charge in [0.2, 0.25) is 0 Å². The number of carbonyl (C=O) groups excluding carboxylic acids is 2. The lowest BCUT2D eigenvalue weighted by molar-refractivity contribution is -0.147. The van der Waals surface area contributed by atoms with Crippen LogP contribution in [-0.2, 0) is 24.5 Å². The highest BCUT2D eigenvalue weighted by molar-refractivity contribution is 6.30. The minimum atomic E-state index is -1.33. The largest absolute Gasteiger partial charge is 0.466 e. The van der Waals surface area contributed by atoms with Gasteiger partial charge in [-0.25, -0.2) is 0 Å².